The molecule has 136 valence electrons. The highest BCUT2D eigenvalue weighted by molar-refractivity contribution is 5.48. The van der Waals surface area contributed by atoms with Crippen molar-refractivity contribution in [3.8, 4) is 0 Å². The summed E-state index contributed by atoms with van der Waals surface area (Å²) in [6.07, 6.45) is 11.7. The van der Waals surface area contributed by atoms with E-state index in [1.165, 1.54) is 12.1 Å². The summed E-state index contributed by atoms with van der Waals surface area (Å²) >= 11 is 0. The lowest BCUT2D eigenvalue weighted by atomic mass is 9.76. The first-order chi connectivity index (χ1) is 13.2. The van der Waals surface area contributed by atoms with Gasteiger partial charge in [-0.1, -0.05) is 24.3 Å². The van der Waals surface area contributed by atoms with Crippen molar-refractivity contribution >= 4 is 11.4 Å². The van der Waals surface area contributed by atoms with Crippen molar-refractivity contribution in [1.29, 1.82) is 0 Å². The number of hydrogen-bond acceptors (Lipinski definition) is 5. The van der Waals surface area contributed by atoms with Crippen molar-refractivity contribution in [3.63, 3.8) is 0 Å². The zero-order chi connectivity index (χ0) is 20.2. The smallest absolute Gasteiger partial charge is 0.281 e. The minimum absolute atomic E-state index is 0.123. The minimum Gasteiger partial charge on any atom is -0.376 e. The first-order valence-corrected chi connectivity index (χ1v) is 8.59. The number of nitrogens with zero attached hydrogens (tertiary/aromatic N) is 2. The van der Waals surface area contributed by atoms with Gasteiger partial charge in [-0.3, -0.25) is 20.2 Å². The monoisotopic (exact) mass is 358 g/mol. The summed E-state index contributed by atoms with van der Waals surface area (Å²) in [7, 11) is 0. The lowest BCUT2D eigenvalue weighted by Gasteiger charge is -2.28. The van der Waals surface area contributed by atoms with Gasteiger partial charge in [0.2, 0.25) is 0 Å². The fourth-order valence-electron chi connectivity index (χ4n) is 4.75. The van der Waals surface area contributed by atoms with Crippen molar-refractivity contribution in [2.75, 3.05) is 6.56 Å². The van der Waals surface area contributed by atoms with Gasteiger partial charge in [0.1, 0.15) is 0 Å². The number of nitro groups is 2. The van der Waals surface area contributed by atoms with Gasteiger partial charge in [0.25, 0.3) is 11.4 Å². The standard InChI is InChI=1S/C19H20N2O5/c22-20(23)15-6-5-14(16(11-15)21(24)25)12-26-13-17-18-7-1-2-8-19(17,18)10-4-3-9-18/h1-6,11,17H,7-10,12-13H2/i13D2. The Hall–Kier alpha value is -2.54. The van der Waals surface area contributed by atoms with Crippen molar-refractivity contribution in [1.82, 2.24) is 0 Å². The van der Waals surface area contributed by atoms with Crippen LogP contribution >= 0.6 is 0 Å². The summed E-state index contributed by atoms with van der Waals surface area (Å²) in [4.78, 5) is 20.8. The molecule has 0 radical (unpaired) electrons. The van der Waals surface area contributed by atoms with Gasteiger partial charge in [0, 0.05) is 6.07 Å². The molecule has 0 atom stereocenters. The van der Waals surface area contributed by atoms with Gasteiger partial charge in [0.15, 0.2) is 0 Å². The first kappa shape index (κ1) is 14.6. The molecule has 0 spiro atoms. The van der Waals surface area contributed by atoms with E-state index in [-0.39, 0.29) is 34.6 Å². The molecule has 0 unspecified atom stereocenters. The number of hydrogen-bond donors (Lipinski definition) is 0. The van der Waals surface area contributed by atoms with Gasteiger partial charge in [-0.25, -0.2) is 0 Å². The van der Waals surface area contributed by atoms with E-state index in [0.717, 1.165) is 31.7 Å². The molecule has 0 N–H and O–H groups in total. The molecule has 0 aromatic heterocycles. The van der Waals surface area contributed by atoms with E-state index in [1.807, 2.05) is 0 Å². The van der Waals surface area contributed by atoms with Crippen LogP contribution in [-0.2, 0) is 11.3 Å². The van der Waals surface area contributed by atoms with E-state index in [0.29, 0.717) is 0 Å². The maximum Gasteiger partial charge on any atom is 0.281 e. The van der Waals surface area contributed by atoms with Crippen LogP contribution in [0.4, 0.5) is 11.4 Å². The number of rotatable bonds is 6. The second kappa shape index (κ2) is 6.02. The van der Waals surface area contributed by atoms with Crippen LogP contribution in [0.15, 0.2) is 42.5 Å². The number of allylic oxidation sites excluding steroid dienone is 4. The molecule has 26 heavy (non-hydrogen) atoms. The molecule has 0 amide bonds. The molecular formula is C19H20N2O5. The molecule has 3 aliphatic carbocycles. The summed E-state index contributed by atoms with van der Waals surface area (Å²) in [5.74, 6) is -0.297. The van der Waals surface area contributed by atoms with Crippen LogP contribution in [0.25, 0.3) is 0 Å². The van der Waals surface area contributed by atoms with Gasteiger partial charge in [-0.15, -0.1) is 0 Å². The van der Waals surface area contributed by atoms with Crippen LogP contribution in [0, 0.1) is 37.0 Å². The van der Waals surface area contributed by atoms with Gasteiger partial charge in [-0.2, -0.15) is 0 Å². The molecule has 3 aliphatic rings. The second-order valence-corrected chi connectivity index (χ2v) is 7.24. The highest BCUT2D eigenvalue weighted by atomic mass is 16.6. The predicted octanol–water partition coefficient (Wildman–Crippen LogP) is 4.32. The number of ether oxygens (including phenoxy) is 1. The Balaban J connectivity index is 1.56. The highest BCUT2D eigenvalue weighted by Gasteiger charge is 2.74. The minimum atomic E-state index is -1.95. The third-order valence-corrected chi connectivity index (χ3v) is 6.18. The maximum atomic E-state index is 11.3. The van der Waals surface area contributed by atoms with E-state index in [4.69, 9.17) is 7.48 Å². The molecule has 0 saturated heterocycles. The van der Waals surface area contributed by atoms with Crippen LogP contribution in [0.5, 0.6) is 0 Å². The van der Waals surface area contributed by atoms with Gasteiger partial charge < -0.3 is 4.74 Å². The van der Waals surface area contributed by atoms with Crippen LogP contribution in [0.3, 0.4) is 0 Å². The van der Waals surface area contributed by atoms with Crippen LogP contribution in [0.1, 0.15) is 34.0 Å². The Morgan fingerprint density at radius 2 is 1.62 bits per heavy atom. The van der Waals surface area contributed by atoms with E-state index >= 15 is 0 Å². The molecule has 0 heterocycles. The Morgan fingerprint density at radius 1 is 1.04 bits per heavy atom. The molecule has 1 saturated carbocycles. The van der Waals surface area contributed by atoms with Crippen molar-refractivity contribution in [3.05, 3.63) is 68.3 Å². The average molecular weight is 358 g/mol. The van der Waals surface area contributed by atoms with Crippen molar-refractivity contribution in [2.24, 2.45) is 16.7 Å². The van der Waals surface area contributed by atoms with Crippen LogP contribution < -0.4 is 0 Å². The summed E-state index contributed by atoms with van der Waals surface area (Å²) < 4.78 is 22.8. The maximum absolute atomic E-state index is 11.3. The van der Waals surface area contributed by atoms with Crippen LogP contribution in [0.2, 0.25) is 0 Å². The molecule has 0 aliphatic heterocycles. The Labute approximate surface area is 153 Å². The summed E-state index contributed by atoms with van der Waals surface area (Å²) in [6, 6.07) is 3.32. The second-order valence-electron chi connectivity index (χ2n) is 7.24. The highest BCUT2D eigenvalue weighted by Crippen LogP contribution is 2.79. The third kappa shape index (κ3) is 2.38. The molecule has 1 fully saturated rings. The van der Waals surface area contributed by atoms with Gasteiger partial charge in [-0.05, 0) is 48.5 Å². The topological polar surface area (TPSA) is 95.5 Å². The van der Waals surface area contributed by atoms with Crippen LogP contribution in [-0.4, -0.2) is 16.4 Å². The fraction of sp³-hybridized carbons (Fsp3) is 0.474. The Morgan fingerprint density at radius 3 is 2.12 bits per heavy atom. The zero-order valence-electron chi connectivity index (χ0n) is 16.1. The Kier molecular flexibility index (Phi) is 3.38. The van der Waals surface area contributed by atoms with E-state index < -0.39 is 22.1 Å². The molecule has 7 nitrogen and oxygen atoms in total. The lowest BCUT2D eigenvalue weighted by Crippen LogP contribution is -2.17. The van der Waals surface area contributed by atoms with E-state index in [1.54, 1.807) is 0 Å². The molecule has 4 rings (SSSR count). The number of nitro benzene ring substituents is 2. The SMILES string of the molecule is [2H]C([2H])(OCc1ccc([N+](=O)[O-])cc1[N+](=O)[O-])C1C23CC=CCC12CC=CC3. The molecule has 7 heteroatoms. The Bertz CT molecular complexity index is 868. The lowest BCUT2D eigenvalue weighted by molar-refractivity contribution is -0.394. The fourth-order valence-corrected chi connectivity index (χ4v) is 4.75. The van der Waals surface area contributed by atoms with E-state index in [9.17, 15) is 20.2 Å². The quantitative estimate of drug-likeness (QED) is 0.428. The normalized spacial score (nSPS) is 32.8. The number of benzene rings is 1. The first-order valence-electron chi connectivity index (χ1n) is 9.59. The molecule has 1 aromatic carbocycles. The van der Waals surface area contributed by atoms with Gasteiger partial charge in [0.05, 0.1) is 37.4 Å². The molecular weight excluding hydrogens is 336 g/mol. The third-order valence-electron chi connectivity index (χ3n) is 6.18. The summed E-state index contributed by atoms with van der Waals surface area (Å²) in [5, 5.41) is 22.2. The predicted molar refractivity (Wildman–Crippen MR) is 94.5 cm³/mol. The molecule has 1 aromatic rings. The number of non-ortho nitro benzene ring substituents is 1. The van der Waals surface area contributed by atoms with Crippen molar-refractivity contribution < 1.29 is 17.3 Å². The molecule has 0 bridgehead atoms. The van der Waals surface area contributed by atoms with Gasteiger partial charge >= 0.3 is 0 Å². The average Bonchev–Trinajstić information content (AvgIpc) is 3.31. The summed E-state index contributed by atoms with van der Waals surface area (Å²) in [5.41, 5.74) is -0.997. The largest absolute Gasteiger partial charge is 0.376 e. The zero-order valence-corrected chi connectivity index (χ0v) is 14.1. The summed E-state index contributed by atoms with van der Waals surface area (Å²) in [6.45, 7) is -2.27. The van der Waals surface area contributed by atoms with E-state index in [2.05, 4.69) is 24.3 Å². The van der Waals surface area contributed by atoms with Crippen molar-refractivity contribution in [2.45, 2.75) is 32.3 Å².